The van der Waals surface area contributed by atoms with Gasteiger partial charge in [-0.1, -0.05) is 23.7 Å². The van der Waals surface area contributed by atoms with E-state index in [0.717, 1.165) is 5.56 Å². The summed E-state index contributed by atoms with van der Waals surface area (Å²) in [6, 6.07) is 7.44. The Labute approximate surface area is 109 Å². The maximum absolute atomic E-state index is 11.2. The third kappa shape index (κ3) is 3.12. The van der Waals surface area contributed by atoms with Crippen molar-refractivity contribution in [3.63, 3.8) is 0 Å². The van der Waals surface area contributed by atoms with E-state index in [1.165, 1.54) is 12.4 Å². The zero-order valence-corrected chi connectivity index (χ0v) is 10.3. The third-order valence-electron chi connectivity index (χ3n) is 2.42. The fourth-order valence-corrected chi connectivity index (χ4v) is 1.72. The van der Waals surface area contributed by atoms with Crippen LogP contribution in [0.2, 0.25) is 5.02 Å². The standard InChI is InChI=1S/C13H11ClN2O2/c14-11-3-1-2-9(4-11)5-13-15-6-10(7-16-13)12(18)8-17/h1-4,6-7,17H,5,8H2. The number of aliphatic hydroxyl groups excluding tert-OH is 1. The summed E-state index contributed by atoms with van der Waals surface area (Å²) in [6.45, 7) is -0.531. The molecule has 0 fully saturated rings. The topological polar surface area (TPSA) is 63.1 Å². The van der Waals surface area contributed by atoms with E-state index >= 15 is 0 Å². The molecule has 0 aliphatic rings. The maximum atomic E-state index is 11.2. The predicted molar refractivity (Wildman–Crippen MR) is 67.7 cm³/mol. The van der Waals surface area contributed by atoms with Crippen molar-refractivity contribution in [1.82, 2.24) is 9.97 Å². The number of carbonyl (C=O) groups excluding carboxylic acids is 1. The summed E-state index contributed by atoms with van der Waals surface area (Å²) in [7, 11) is 0. The van der Waals surface area contributed by atoms with Crippen molar-refractivity contribution in [2.24, 2.45) is 0 Å². The number of aromatic nitrogens is 2. The van der Waals surface area contributed by atoms with Gasteiger partial charge in [0.1, 0.15) is 12.4 Å². The highest BCUT2D eigenvalue weighted by molar-refractivity contribution is 6.30. The van der Waals surface area contributed by atoms with Crippen molar-refractivity contribution in [1.29, 1.82) is 0 Å². The highest BCUT2D eigenvalue weighted by atomic mass is 35.5. The second kappa shape index (κ2) is 5.71. The van der Waals surface area contributed by atoms with Gasteiger partial charge in [0.15, 0.2) is 5.78 Å². The molecule has 0 bridgehead atoms. The molecule has 1 heterocycles. The van der Waals surface area contributed by atoms with Gasteiger partial charge >= 0.3 is 0 Å². The second-order valence-electron chi connectivity index (χ2n) is 3.78. The van der Waals surface area contributed by atoms with Crippen molar-refractivity contribution in [2.45, 2.75) is 6.42 Å². The van der Waals surface area contributed by atoms with Crippen LogP contribution >= 0.6 is 11.6 Å². The summed E-state index contributed by atoms with van der Waals surface area (Å²) in [4.78, 5) is 19.4. The van der Waals surface area contributed by atoms with Gasteiger partial charge in [0.05, 0.1) is 5.56 Å². The van der Waals surface area contributed by atoms with Crippen LogP contribution in [0.15, 0.2) is 36.7 Å². The average molecular weight is 263 g/mol. The van der Waals surface area contributed by atoms with Crippen LogP contribution in [0, 0.1) is 0 Å². The van der Waals surface area contributed by atoms with Crippen molar-refractivity contribution >= 4 is 17.4 Å². The van der Waals surface area contributed by atoms with Gasteiger partial charge in [-0.3, -0.25) is 4.79 Å². The van der Waals surface area contributed by atoms with Gasteiger partial charge < -0.3 is 5.11 Å². The van der Waals surface area contributed by atoms with E-state index in [2.05, 4.69) is 9.97 Å². The molecule has 2 aromatic rings. The highest BCUT2D eigenvalue weighted by Gasteiger charge is 2.06. The fraction of sp³-hybridized carbons (Fsp3) is 0.154. The Morgan fingerprint density at radius 1 is 1.28 bits per heavy atom. The first kappa shape index (κ1) is 12.7. The molecule has 1 N–H and O–H groups in total. The lowest BCUT2D eigenvalue weighted by Crippen LogP contribution is -2.07. The lowest BCUT2D eigenvalue weighted by Gasteiger charge is -2.02. The van der Waals surface area contributed by atoms with E-state index in [-0.39, 0.29) is 5.78 Å². The van der Waals surface area contributed by atoms with Crippen LogP contribution in [0.25, 0.3) is 0 Å². The monoisotopic (exact) mass is 262 g/mol. The summed E-state index contributed by atoms with van der Waals surface area (Å²) in [6.07, 6.45) is 3.39. The largest absolute Gasteiger partial charge is 0.388 e. The Morgan fingerprint density at radius 3 is 2.61 bits per heavy atom. The van der Waals surface area contributed by atoms with Gasteiger partial charge in [0.2, 0.25) is 0 Å². The van der Waals surface area contributed by atoms with Crippen molar-refractivity contribution in [3.8, 4) is 0 Å². The number of Topliss-reactive ketones (excluding diaryl/α,β-unsaturated/α-hetero) is 1. The second-order valence-corrected chi connectivity index (χ2v) is 4.21. The van der Waals surface area contributed by atoms with E-state index in [4.69, 9.17) is 16.7 Å². The molecule has 0 unspecified atom stereocenters. The van der Waals surface area contributed by atoms with Crippen LogP contribution in [0.1, 0.15) is 21.7 Å². The number of halogens is 1. The molecular formula is C13H11ClN2O2. The molecule has 5 heteroatoms. The summed E-state index contributed by atoms with van der Waals surface area (Å²) in [5.41, 5.74) is 1.32. The summed E-state index contributed by atoms with van der Waals surface area (Å²) in [5.74, 6) is 0.219. The number of hydrogen-bond acceptors (Lipinski definition) is 4. The normalized spacial score (nSPS) is 10.3. The number of benzene rings is 1. The maximum Gasteiger partial charge on any atom is 0.191 e. The number of nitrogens with zero attached hydrogens (tertiary/aromatic N) is 2. The van der Waals surface area contributed by atoms with E-state index in [9.17, 15) is 4.79 Å². The number of carbonyl (C=O) groups is 1. The quantitative estimate of drug-likeness (QED) is 0.855. The molecule has 0 amide bonds. The summed E-state index contributed by atoms with van der Waals surface area (Å²) < 4.78 is 0. The molecule has 0 saturated heterocycles. The lowest BCUT2D eigenvalue weighted by molar-refractivity contribution is 0.0903. The van der Waals surface area contributed by atoms with Gasteiger partial charge in [-0.05, 0) is 17.7 Å². The molecule has 1 aromatic heterocycles. The molecule has 4 nitrogen and oxygen atoms in total. The average Bonchev–Trinajstić information content (AvgIpc) is 2.39. The minimum absolute atomic E-state index is 0.312. The number of hydrogen-bond donors (Lipinski definition) is 1. The molecule has 0 saturated carbocycles. The van der Waals surface area contributed by atoms with Gasteiger partial charge in [-0.2, -0.15) is 0 Å². The van der Waals surface area contributed by atoms with Gasteiger partial charge in [0, 0.05) is 23.8 Å². The van der Waals surface area contributed by atoms with Gasteiger partial charge in [-0.15, -0.1) is 0 Å². The van der Waals surface area contributed by atoms with E-state index < -0.39 is 6.61 Å². The van der Waals surface area contributed by atoms with E-state index in [1.807, 2.05) is 18.2 Å². The van der Waals surface area contributed by atoms with Gasteiger partial charge in [-0.25, -0.2) is 9.97 Å². The molecule has 2 rings (SSSR count). The number of aliphatic hydroxyl groups is 1. The first-order chi connectivity index (χ1) is 8.69. The van der Waals surface area contributed by atoms with Crippen molar-refractivity contribution in [2.75, 3.05) is 6.61 Å². The van der Waals surface area contributed by atoms with Gasteiger partial charge in [0.25, 0.3) is 0 Å². The number of rotatable bonds is 4. The summed E-state index contributed by atoms with van der Waals surface area (Å²) in [5, 5.41) is 9.37. The predicted octanol–water partition coefficient (Wildman–Crippen LogP) is 1.90. The van der Waals surface area contributed by atoms with E-state index in [1.54, 1.807) is 6.07 Å². The Morgan fingerprint density at radius 2 is 2.00 bits per heavy atom. The summed E-state index contributed by atoms with van der Waals surface area (Å²) >= 11 is 5.88. The highest BCUT2D eigenvalue weighted by Crippen LogP contribution is 2.13. The van der Waals surface area contributed by atoms with Crippen LogP contribution in [-0.2, 0) is 6.42 Å². The molecule has 92 valence electrons. The lowest BCUT2D eigenvalue weighted by atomic mass is 10.1. The molecule has 0 radical (unpaired) electrons. The molecular weight excluding hydrogens is 252 g/mol. The molecule has 0 aliphatic heterocycles. The molecule has 0 aliphatic carbocycles. The van der Waals surface area contributed by atoms with E-state index in [0.29, 0.717) is 22.8 Å². The molecule has 1 aromatic carbocycles. The van der Waals surface area contributed by atoms with Crippen LogP contribution in [0.5, 0.6) is 0 Å². The first-order valence-corrected chi connectivity index (χ1v) is 5.76. The zero-order valence-electron chi connectivity index (χ0n) is 9.51. The van der Waals surface area contributed by atoms with Crippen LogP contribution < -0.4 is 0 Å². The van der Waals surface area contributed by atoms with Crippen molar-refractivity contribution < 1.29 is 9.90 Å². The Bertz CT molecular complexity index is 555. The SMILES string of the molecule is O=C(CO)c1cnc(Cc2cccc(Cl)c2)nc1. The minimum Gasteiger partial charge on any atom is -0.388 e. The Kier molecular flexibility index (Phi) is 4.02. The van der Waals surface area contributed by atoms with Crippen LogP contribution in [0.3, 0.4) is 0 Å². The van der Waals surface area contributed by atoms with Crippen molar-refractivity contribution in [3.05, 3.63) is 58.6 Å². The minimum atomic E-state index is -0.531. The first-order valence-electron chi connectivity index (χ1n) is 5.38. The molecule has 0 atom stereocenters. The Hall–Kier alpha value is -1.78. The Balaban J connectivity index is 2.13. The molecule has 0 spiro atoms. The molecule has 18 heavy (non-hydrogen) atoms. The smallest absolute Gasteiger partial charge is 0.191 e. The fourth-order valence-electron chi connectivity index (χ4n) is 1.51. The van der Waals surface area contributed by atoms with Crippen LogP contribution in [-0.4, -0.2) is 27.5 Å². The van der Waals surface area contributed by atoms with Crippen LogP contribution in [0.4, 0.5) is 0 Å². The number of ketones is 1. The third-order valence-corrected chi connectivity index (χ3v) is 2.66. The zero-order chi connectivity index (χ0) is 13.0.